The molecule has 214 valence electrons. The molecule has 0 fully saturated rings. The number of carbonyl (C=O) groups excluding carboxylic acids is 1. The summed E-state index contributed by atoms with van der Waals surface area (Å²) in [6.45, 7) is 9.84. The number of alkyl carbamates (subject to hydrolysis) is 1. The van der Waals surface area contributed by atoms with Crippen LogP contribution in [0.1, 0.15) is 51.8 Å². The first-order valence-corrected chi connectivity index (χ1v) is 13.2. The van der Waals surface area contributed by atoms with Crippen molar-refractivity contribution in [2.24, 2.45) is 0 Å². The first kappa shape index (κ1) is 29.1. The molecule has 0 aliphatic heterocycles. The monoisotopic (exact) mass is 559 g/mol. The van der Waals surface area contributed by atoms with Crippen LogP contribution in [0.5, 0.6) is 5.75 Å². The summed E-state index contributed by atoms with van der Waals surface area (Å²) in [6.07, 6.45) is 1.15. The Kier molecular flexibility index (Phi) is 8.62. The van der Waals surface area contributed by atoms with Crippen molar-refractivity contribution in [3.8, 4) is 11.8 Å². The van der Waals surface area contributed by atoms with E-state index in [2.05, 4.69) is 26.0 Å². The number of rotatable bonds is 9. The zero-order valence-corrected chi connectivity index (χ0v) is 23.9. The number of benzene rings is 2. The Balaban J connectivity index is 1.66. The predicted octanol–water partition coefficient (Wildman–Crippen LogP) is 6.28. The van der Waals surface area contributed by atoms with E-state index >= 15 is 4.39 Å². The molecule has 2 atom stereocenters. The summed E-state index contributed by atoms with van der Waals surface area (Å²) < 4.78 is 27.9. The fraction of sp³-hybridized carbons (Fsp3) is 0.333. The van der Waals surface area contributed by atoms with Crippen molar-refractivity contribution in [3.63, 3.8) is 0 Å². The second-order valence-electron chi connectivity index (χ2n) is 10.5. The average Bonchev–Trinajstić information content (AvgIpc) is 3.34. The van der Waals surface area contributed by atoms with Gasteiger partial charge in [-0.2, -0.15) is 10.4 Å². The Bertz CT molecular complexity index is 1570. The Labute approximate surface area is 238 Å². The summed E-state index contributed by atoms with van der Waals surface area (Å²) in [4.78, 5) is 17.0. The van der Waals surface area contributed by atoms with E-state index in [-0.39, 0.29) is 17.2 Å². The van der Waals surface area contributed by atoms with E-state index in [0.29, 0.717) is 11.4 Å². The highest BCUT2D eigenvalue weighted by Gasteiger charge is 2.26. The fourth-order valence-corrected chi connectivity index (χ4v) is 4.36. The van der Waals surface area contributed by atoms with Gasteiger partial charge in [0, 0.05) is 17.6 Å². The fourth-order valence-electron chi connectivity index (χ4n) is 4.36. The lowest BCUT2D eigenvalue weighted by Crippen LogP contribution is -2.42. The van der Waals surface area contributed by atoms with Gasteiger partial charge in [0.1, 0.15) is 17.4 Å². The highest BCUT2D eigenvalue weighted by Crippen LogP contribution is 2.30. The summed E-state index contributed by atoms with van der Waals surface area (Å²) in [5, 5.41) is 24.1. The third-order valence-corrected chi connectivity index (χ3v) is 6.31. The molecule has 0 saturated heterocycles. The zero-order chi connectivity index (χ0) is 29.7. The van der Waals surface area contributed by atoms with E-state index in [1.165, 1.54) is 0 Å². The van der Waals surface area contributed by atoms with Crippen LogP contribution in [-0.2, 0) is 11.3 Å². The molecule has 0 spiro atoms. The molecular formula is C30H34FN7O3. The van der Waals surface area contributed by atoms with Gasteiger partial charge in [-0.05, 0) is 76.6 Å². The molecule has 11 heteroatoms. The minimum Gasteiger partial charge on any atom is -0.497 e. The van der Waals surface area contributed by atoms with E-state index in [9.17, 15) is 10.1 Å². The number of hydrogen-bond donors (Lipinski definition) is 3. The number of anilines is 3. The molecule has 10 nitrogen and oxygen atoms in total. The molecule has 4 aromatic rings. The van der Waals surface area contributed by atoms with Crippen LogP contribution in [0.15, 0.2) is 54.7 Å². The Morgan fingerprint density at radius 1 is 1.15 bits per heavy atom. The minimum absolute atomic E-state index is 0.0401. The highest BCUT2D eigenvalue weighted by molar-refractivity contribution is 5.83. The summed E-state index contributed by atoms with van der Waals surface area (Å²) in [5.74, 6) is 0.0236. The maximum absolute atomic E-state index is 15.3. The standard InChI is InChI=1S/C30H34FN7O3/c1-7-38-25-13-10-22(14-21(25)17-33-38)35-27-20(16-32)15-24(31)28(37-27)36-26(19-8-11-23(40-6)12-9-19)18(2)34-29(39)41-30(3,4)5/h8-15,17-18,26H,7H2,1-6H3,(H,34,39)(H2,35,36,37)/t18-,26-/m0/s1. The number of carbonyl (C=O) groups is 1. The summed E-state index contributed by atoms with van der Waals surface area (Å²) in [6, 6.07) is 14.8. The molecule has 4 rings (SSSR count). The van der Waals surface area contributed by atoms with Crippen LogP contribution in [-0.4, -0.2) is 39.6 Å². The summed E-state index contributed by atoms with van der Waals surface area (Å²) in [7, 11) is 1.57. The molecule has 0 radical (unpaired) electrons. The van der Waals surface area contributed by atoms with E-state index in [1.54, 1.807) is 53.1 Å². The topological polar surface area (TPSA) is 126 Å². The third kappa shape index (κ3) is 7.03. The smallest absolute Gasteiger partial charge is 0.407 e. The Hall–Kier alpha value is -4.85. The second-order valence-corrected chi connectivity index (χ2v) is 10.5. The first-order chi connectivity index (χ1) is 19.5. The minimum atomic E-state index is -0.713. The van der Waals surface area contributed by atoms with Gasteiger partial charge in [-0.3, -0.25) is 4.68 Å². The van der Waals surface area contributed by atoms with Crippen LogP contribution in [0.3, 0.4) is 0 Å². The van der Waals surface area contributed by atoms with Crippen molar-refractivity contribution in [1.82, 2.24) is 20.1 Å². The first-order valence-electron chi connectivity index (χ1n) is 13.2. The van der Waals surface area contributed by atoms with Crippen molar-refractivity contribution in [2.75, 3.05) is 17.7 Å². The second kappa shape index (κ2) is 12.1. The number of halogens is 1. The molecule has 0 aliphatic carbocycles. The molecule has 2 aromatic carbocycles. The van der Waals surface area contributed by atoms with Crippen LogP contribution >= 0.6 is 0 Å². The number of nitrogens with one attached hydrogen (secondary N) is 3. The van der Waals surface area contributed by atoms with Crippen molar-refractivity contribution >= 4 is 34.3 Å². The van der Waals surface area contributed by atoms with Crippen molar-refractivity contribution < 1.29 is 18.7 Å². The predicted molar refractivity (Wildman–Crippen MR) is 156 cm³/mol. The number of fused-ring (bicyclic) bond motifs is 1. The Morgan fingerprint density at radius 3 is 2.51 bits per heavy atom. The van der Waals surface area contributed by atoms with E-state index in [1.807, 2.05) is 48.0 Å². The van der Waals surface area contributed by atoms with Gasteiger partial charge >= 0.3 is 6.09 Å². The van der Waals surface area contributed by atoms with Crippen LogP contribution in [0.25, 0.3) is 10.9 Å². The van der Waals surface area contributed by atoms with Gasteiger partial charge in [0.25, 0.3) is 0 Å². The number of pyridine rings is 1. The SMILES string of the molecule is CCn1ncc2cc(Nc3nc(N[C@H](c4ccc(OC)cc4)[C@H](C)NC(=O)OC(C)(C)C)c(F)cc3C#N)ccc21. The number of aromatic nitrogens is 3. The van der Waals surface area contributed by atoms with Gasteiger partial charge in [-0.25, -0.2) is 14.2 Å². The van der Waals surface area contributed by atoms with Gasteiger partial charge in [-0.1, -0.05) is 12.1 Å². The van der Waals surface area contributed by atoms with Crippen molar-refractivity contribution in [2.45, 2.75) is 58.8 Å². The van der Waals surface area contributed by atoms with Gasteiger partial charge in [0.15, 0.2) is 17.5 Å². The third-order valence-electron chi connectivity index (χ3n) is 6.31. The van der Waals surface area contributed by atoms with Crippen molar-refractivity contribution in [1.29, 1.82) is 5.26 Å². The molecule has 3 N–H and O–H groups in total. The van der Waals surface area contributed by atoms with E-state index in [4.69, 9.17) is 9.47 Å². The molecule has 1 amide bonds. The molecule has 0 unspecified atom stereocenters. The lowest BCUT2D eigenvalue weighted by molar-refractivity contribution is 0.0503. The Morgan fingerprint density at radius 2 is 1.88 bits per heavy atom. The molecule has 0 aliphatic rings. The van der Waals surface area contributed by atoms with Crippen molar-refractivity contribution in [3.05, 3.63) is 71.7 Å². The molecule has 0 saturated carbocycles. The number of aryl methyl sites for hydroxylation is 1. The number of methoxy groups -OCH3 is 1. The van der Waals surface area contributed by atoms with Crippen LogP contribution in [0.4, 0.5) is 26.5 Å². The van der Waals surface area contributed by atoms with Gasteiger partial charge in [-0.15, -0.1) is 0 Å². The lowest BCUT2D eigenvalue weighted by atomic mass is 10.00. The summed E-state index contributed by atoms with van der Waals surface area (Å²) in [5.41, 5.74) is 1.74. The number of nitrogens with zero attached hydrogens (tertiary/aromatic N) is 4. The van der Waals surface area contributed by atoms with E-state index in [0.717, 1.165) is 29.1 Å². The highest BCUT2D eigenvalue weighted by atomic mass is 19.1. The lowest BCUT2D eigenvalue weighted by Gasteiger charge is -2.29. The van der Waals surface area contributed by atoms with Crippen LogP contribution in [0.2, 0.25) is 0 Å². The molecule has 41 heavy (non-hydrogen) atoms. The molecule has 2 heterocycles. The van der Waals surface area contributed by atoms with Gasteiger partial charge < -0.3 is 25.4 Å². The maximum Gasteiger partial charge on any atom is 0.407 e. The number of hydrogen-bond acceptors (Lipinski definition) is 8. The molecule has 0 bridgehead atoms. The van der Waals surface area contributed by atoms with Gasteiger partial charge in [0.2, 0.25) is 0 Å². The summed E-state index contributed by atoms with van der Waals surface area (Å²) >= 11 is 0. The normalized spacial score (nSPS) is 12.7. The number of ether oxygens (including phenoxy) is 2. The van der Waals surface area contributed by atoms with Crippen LogP contribution in [0, 0.1) is 17.1 Å². The largest absolute Gasteiger partial charge is 0.497 e. The number of amides is 1. The number of nitriles is 1. The quantitative estimate of drug-likeness (QED) is 0.219. The molecule has 2 aromatic heterocycles. The van der Waals surface area contributed by atoms with Gasteiger partial charge in [0.05, 0.1) is 36.5 Å². The zero-order valence-electron chi connectivity index (χ0n) is 23.9. The molecular weight excluding hydrogens is 525 g/mol. The van der Waals surface area contributed by atoms with Crippen LogP contribution < -0.4 is 20.7 Å². The average molecular weight is 560 g/mol. The van der Waals surface area contributed by atoms with E-state index < -0.39 is 29.6 Å². The maximum atomic E-state index is 15.3.